The highest BCUT2D eigenvalue weighted by Gasteiger charge is 2.27. The molecule has 134 valence electrons. The van der Waals surface area contributed by atoms with Crippen LogP contribution in [-0.2, 0) is 4.74 Å². The van der Waals surface area contributed by atoms with Gasteiger partial charge >= 0.3 is 5.97 Å². The van der Waals surface area contributed by atoms with Crippen molar-refractivity contribution in [3.05, 3.63) is 34.2 Å². The second-order valence-corrected chi connectivity index (χ2v) is 7.90. The molecule has 2 N–H and O–H groups in total. The Balaban J connectivity index is 2.01. The zero-order valence-corrected chi connectivity index (χ0v) is 15.9. The van der Waals surface area contributed by atoms with E-state index in [-0.39, 0.29) is 12.1 Å². The molecule has 1 aliphatic rings. The van der Waals surface area contributed by atoms with Crippen LogP contribution in [-0.4, -0.2) is 19.2 Å². The van der Waals surface area contributed by atoms with E-state index in [1.165, 1.54) is 17.8 Å². The number of nitrogen functional groups attached to an aromatic ring is 1. The topological polar surface area (TPSA) is 61.5 Å². The van der Waals surface area contributed by atoms with Crippen molar-refractivity contribution in [1.82, 2.24) is 0 Å². The molecule has 25 heavy (non-hydrogen) atoms. The summed E-state index contributed by atoms with van der Waals surface area (Å²) in [5.74, 6) is 0.422. The number of aryl methyl sites for hydroxylation is 2. The third-order valence-electron chi connectivity index (χ3n) is 4.77. The summed E-state index contributed by atoms with van der Waals surface area (Å²) in [7, 11) is 1.64. The second kappa shape index (κ2) is 7.48. The van der Waals surface area contributed by atoms with Crippen LogP contribution >= 0.6 is 11.3 Å². The highest BCUT2D eigenvalue weighted by molar-refractivity contribution is 7.16. The minimum absolute atomic E-state index is 0.00751. The summed E-state index contributed by atoms with van der Waals surface area (Å²) >= 11 is 1.43. The van der Waals surface area contributed by atoms with Crippen LogP contribution in [0.3, 0.4) is 0 Å². The zero-order valence-electron chi connectivity index (χ0n) is 15.1. The minimum atomic E-state index is -0.313. The number of methoxy groups -OCH3 is 1. The second-order valence-electron chi connectivity index (χ2n) is 6.64. The number of benzene rings is 1. The Labute approximate surface area is 153 Å². The molecule has 1 aromatic heterocycles. The Bertz CT molecular complexity index is 775. The van der Waals surface area contributed by atoms with Gasteiger partial charge in [-0.2, -0.15) is 0 Å². The minimum Gasteiger partial charge on any atom is -0.496 e. The lowest BCUT2D eigenvalue weighted by Crippen LogP contribution is -2.21. The van der Waals surface area contributed by atoms with Gasteiger partial charge in [-0.15, -0.1) is 11.3 Å². The van der Waals surface area contributed by atoms with Crippen LogP contribution in [0.5, 0.6) is 5.75 Å². The zero-order chi connectivity index (χ0) is 18.0. The van der Waals surface area contributed by atoms with Crippen molar-refractivity contribution in [3.8, 4) is 16.9 Å². The number of nitrogens with two attached hydrogens (primary N) is 1. The first-order chi connectivity index (χ1) is 12.0. The van der Waals surface area contributed by atoms with Crippen molar-refractivity contribution < 1.29 is 14.3 Å². The lowest BCUT2D eigenvalue weighted by atomic mass is 9.97. The van der Waals surface area contributed by atoms with E-state index in [1.54, 1.807) is 7.11 Å². The predicted molar refractivity (Wildman–Crippen MR) is 102 cm³/mol. The van der Waals surface area contributed by atoms with Gasteiger partial charge < -0.3 is 15.2 Å². The fraction of sp³-hybridized carbons (Fsp3) is 0.450. The maximum Gasteiger partial charge on any atom is 0.342 e. The summed E-state index contributed by atoms with van der Waals surface area (Å²) < 4.78 is 11.3. The summed E-state index contributed by atoms with van der Waals surface area (Å²) in [6.45, 7) is 4.00. The van der Waals surface area contributed by atoms with Gasteiger partial charge in [-0.25, -0.2) is 4.79 Å². The molecule has 1 aromatic carbocycles. The standard InChI is InChI=1S/C20H25NO3S/c1-12-9-10-16(23-3)15(11-12)17-13(2)25-19(21)18(17)20(22)24-14-7-5-4-6-8-14/h9-11,14H,4-8,21H2,1-3H3. The number of ether oxygens (including phenoxy) is 2. The Morgan fingerprint density at radius 2 is 1.92 bits per heavy atom. The normalized spacial score (nSPS) is 15.2. The first-order valence-corrected chi connectivity index (χ1v) is 9.57. The molecule has 1 heterocycles. The summed E-state index contributed by atoms with van der Waals surface area (Å²) in [4.78, 5) is 13.9. The van der Waals surface area contributed by atoms with E-state index in [1.807, 2.05) is 32.0 Å². The molecule has 5 heteroatoms. The molecule has 2 aromatic rings. The van der Waals surface area contributed by atoms with Gasteiger partial charge in [0.15, 0.2) is 0 Å². The third kappa shape index (κ3) is 3.66. The highest BCUT2D eigenvalue weighted by atomic mass is 32.1. The fourth-order valence-electron chi connectivity index (χ4n) is 3.50. The van der Waals surface area contributed by atoms with Crippen LogP contribution in [0, 0.1) is 13.8 Å². The largest absolute Gasteiger partial charge is 0.496 e. The number of hydrogen-bond donors (Lipinski definition) is 1. The smallest absolute Gasteiger partial charge is 0.342 e. The van der Waals surface area contributed by atoms with E-state index in [0.29, 0.717) is 10.6 Å². The summed E-state index contributed by atoms with van der Waals surface area (Å²) in [5, 5.41) is 0.511. The Morgan fingerprint density at radius 1 is 1.20 bits per heavy atom. The Hall–Kier alpha value is -2.01. The van der Waals surface area contributed by atoms with Crippen molar-refractivity contribution in [2.45, 2.75) is 52.1 Å². The van der Waals surface area contributed by atoms with Crippen molar-refractivity contribution >= 4 is 22.3 Å². The molecule has 0 spiro atoms. The first kappa shape index (κ1) is 17.8. The van der Waals surface area contributed by atoms with Gasteiger partial charge in [-0.1, -0.05) is 18.1 Å². The maximum atomic E-state index is 12.9. The number of anilines is 1. The van der Waals surface area contributed by atoms with Gasteiger partial charge in [0.1, 0.15) is 22.4 Å². The molecule has 0 amide bonds. The molecule has 0 aliphatic heterocycles. The number of esters is 1. The Kier molecular flexibility index (Phi) is 5.33. The van der Waals surface area contributed by atoms with Crippen molar-refractivity contribution in [2.75, 3.05) is 12.8 Å². The molecule has 3 rings (SSSR count). The lowest BCUT2D eigenvalue weighted by molar-refractivity contribution is 0.0213. The van der Waals surface area contributed by atoms with E-state index >= 15 is 0 Å². The maximum absolute atomic E-state index is 12.9. The number of hydrogen-bond acceptors (Lipinski definition) is 5. The van der Waals surface area contributed by atoms with Crippen LogP contribution in [0.4, 0.5) is 5.00 Å². The number of carbonyl (C=O) groups excluding carboxylic acids is 1. The lowest BCUT2D eigenvalue weighted by Gasteiger charge is -2.22. The molecule has 0 atom stereocenters. The fourth-order valence-corrected chi connectivity index (χ4v) is 4.44. The number of thiophene rings is 1. The third-order valence-corrected chi connectivity index (χ3v) is 5.70. The summed E-state index contributed by atoms with van der Waals surface area (Å²) in [5.41, 5.74) is 9.51. The molecular formula is C20H25NO3S. The quantitative estimate of drug-likeness (QED) is 0.770. The van der Waals surface area contributed by atoms with E-state index in [2.05, 4.69) is 0 Å². The molecule has 0 saturated heterocycles. The SMILES string of the molecule is COc1ccc(C)cc1-c1c(C)sc(N)c1C(=O)OC1CCCCC1. The van der Waals surface area contributed by atoms with Gasteiger partial charge in [0, 0.05) is 16.0 Å². The monoisotopic (exact) mass is 359 g/mol. The van der Waals surface area contributed by atoms with Crippen LogP contribution in [0.2, 0.25) is 0 Å². The van der Waals surface area contributed by atoms with Crippen LogP contribution in [0.1, 0.15) is 52.9 Å². The first-order valence-electron chi connectivity index (χ1n) is 8.76. The summed E-state index contributed by atoms with van der Waals surface area (Å²) in [6, 6.07) is 5.95. The molecule has 4 nitrogen and oxygen atoms in total. The van der Waals surface area contributed by atoms with Crippen molar-refractivity contribution in [3.63, 3.8) is 0 Å². The molecule has 1 aliphatic carbocycles. The van der Waals surface area contributed by atoms with Gasteiger partial charge in [-0.3, -0.25) is 0 Å². The number of rotatable bonds is 4. The average Bonchev–Trinajstić information content (AvgIpc) is 2.89. The predicted octanol–water partition coefficient (Wildman–Crippen LogP) is 5.11. The molecule has 1 fully saturated rings. The van der Waals surface area contributed by atoms with Crippen LogP contribution in [0.25, 0.3) is 11.1 Å². The van der Waals surface area contributed by atoms with Crippen LogP contribution in [0.15, 0.2) is 18.2 Å². The van der Waals surface area contributed by atoms with Crippen molar-refractivity contribution in [1.29, 1.82) is 0 Å². The molecule has 0 radical (unpaired) electrons. The Morgan fingerprint density at radius 3 is 2.60 bits per heavy atom. The molecule has 0 bridgehead atoms. The van der Waals surface area contributed by atoms with Gasteiger partial charge in [0.05, 0.1) is 7.11 Å². The van der Waals surface area contributed by atoms with Gasteiger partial charge in [0.25, 0.3) is 0 Å². The van der Waals surface area contributed by atoms with Crippen LogP contribution < -0.4 is 10.5 Å². The molecule has 0 unspecified atom stereocenters. The highest BCUT2D eigenvalue weighted by Crippen LogP contribution is 2.43. The molecular weight excluding hydrogens is 334 g/mol. The van der Waals surface area contributed by atoms with E-state index < -0.39 is 0 Å². The number of carbonyl (C=O) groups is 1. The molecule has 1 saturated carbocycles. The average molecular weight is 359 g/mol. The van der Waals surface area contributed by atoms with Gasteiger partial charge in [0.2, 0.25) is 0 Å². The summed E-state index contributed by atoms with van der Waals surface area (Å²) in [6.07, 6.45) is 5.35. The van der Waals surface area contributed by atoms with Crippen molar-refractivity contribution in [2.24, 2.45) is 0 Å². The van der Waals surface area contributed by atoms with E-state index in [9.17, 15) is 4.79 Å². The van der Waals surface area contributed by atoms with Gasteiger partial charge in [-0.05, 0) is 51.7 Å². The van der Waals surface area contributed by atoms with E-state index in [0.717, 1.165) is 53.0 Å². The van der Waals surface area contributed by atoms with E-state index in [4.69, 9.17) is 15.2 Å².